The molecule has 11 heteroatoms. The molecule has 2 heterocycles. The van der Waals surface area contributed by atoms with Gasteiger partial charge in [0.25, 0.3) is 11.2 Å². The molecule has 0 bridgehead atoms. The van der Waals surface area contributed by atoms with Crippen molar-refractivity contribution in [2.45, 2.75) is 83.8 Å². The van der Waals surface area contributed by atoms with Crippen LogP contribution < -0.4 is 11.2 Å². The Labute approximate surface area is 240 Å². The molecule has 0 saturated carbocycles. The summed E-state index contributed by atoms with van der Waals surface area (Å²) in [5.41, 5.74) is 0.865. The lowest BCUT2D eigenvalue weighted by Gasteiger charge is -2.37. The highest BCUT2D eigenvalue weighted by molar-refractivity contribution is 6.74. The van der Waals surface area contributed by atoms with E-state index < -0.39 is 37.4 Å². The summed E-state index contributed by atoms with van der Waals surface area (Å²) in [5.74, 6) is 0. The number of nitro groups is 1. The van der Waals surface area contributed by atoms with Gasteiger partial charge in [0, 0.05) is 24.2 Å². The van der Waals surface area contributed by atoms with E-state index in [1.165, 1.54) is 21.4 Å². The summed E-state index contributed by atoms with van der Waals surface area (Å²) < 4.78 is 21.8. The van der Waals surface area contributed by atoms with Gasteiger partial charge in [-0.1, -0.05) is 63.2 Å². The van der Waals surface area contributed by atoms with E-state index in [0.717, 1.165) is 5.56 Å². The van der Waals surface area contributed by atoms with Gasteiger partial charge in [0.15, 0.2) is 8.32 Å². The van der Waals surface area contributed by atoms with Gasteiger partial charge < -0.3 is 13.9 Å². The van der Waals surface area contributed by atoms with Gasteiger partial charge in [-0.05, 0) is 36.7 Å². The van der Waals surface area contributed by atoms with E-state index in [-0.39, 0.29) is 36.0 Å². The number of hydrogen-bond acceptors (Lipinski definition) is 7. The van der Waals surface area contributed by atoms with Gasteiger partial charge in [0.2, 0.25) is 0 Å². The molecule has 1 aromatic heterocycles. The van der Waals surface area contributed by atoms with Crippen LogP contribution in [0.5, 0.6) is 0 Å². The lowest BCUT2D eigenvalue weighted by atomic mass is 10.1. The molecule has 1 aliphatic heterocycles. The number of nitro benzene ring substituents is 1. The maximum absolute atomic E-state index is 13.6. The van der Waals surface area contributed by atoms with E-state index in [9.17, 15) is 19.7 Å². The number of benzene rings is 2. The average Bonchev–Trinajstić information content (AvgIpc) is 3.33. The fourth-order valence-electron chi connectivity index (χ4n) is 4.58. The highest BCUT2D eigenvalue weighted by Gasteiger charge is 2.42. The molecule has 3 atom stereocenters. The van der Waals surface area contributed by atoms with Crippen molar-refractivity contribution in [2.75, 3.05) is 6.61 Å². The van der Waals surface area contributed by atoms with E-state index in [0.29, 0.717) is 17.5 Å². The van der Waals surface area contributed by atoms with Crippen molar-refractivity contribution >= 4 is 14.0 Å². The first kappa shape index (κ1) is 30.6. The molecule has 2 aromatic carbocycles. The monoisotopic (exact) mass is 581 g/mol. The van der Waals surface area contributed by atoms with Gasteiger partial charge in [-0.15, -0.1) is 0 Å². The van der Waals surface area contributed by atoms with Crippen molar-refractivity contribution in [2.24, 2.45) is 0 Å². The fraction of sp³-hybridized carbons (Fsp3) is 0.467. The Hall–Kier alpha value is -3.38. The maximum atomic E-state index is 13.6. The Morgan fingerprint density at radius 2 is 1.73 bits per heavy atom. The molecule has 0 N–H and O–H groups in total. The molecule has 3 aromatic rings. The van der Waals surface area contributed by atoms with Crippen LogP contribution in [-0.4, -0.2) is 41.2 Å². The zero-order valence-electron chi connectivity index (χ0n) is 24.5. The van der Waals surface area contributed by atoms with Crippen LogP contribution in [0.2, 0.25) is 18.1 Å². The van der Waals surface area contributed by atoms with Crippen LogP contribution in [-0.2, 0) is 27.1 Å². The molecule has 1 aliphatic rings. The fourth-order valence-corrected chi connectivity index (χ4v) is 5.60. The number of aromatic nitrogens is 2. The normalized spacial score (nSPS) is 19.4. The van der Waals surface area contributed by atoms with Crippen molar-refractivity contribution in [1.82, 2.24) is 9.13 Å². The van der Waals surface area contributed by atoms with Gasteiger partial charge in [0.05, 0.1) is 36.3 Å². The number of para-hydroxylation sites is 1. The smallest absolute Gasteiger partial charge is 0.333 e. The number of rotatable bonds is 10. The third kappa shape index (κ3) is 6.92. The summed E-state index contributed by atoms with van der Waals surface area (Å²) in [6.45, 7) is 12.8. The van der Waals surface area contributed by atoms with Gasteiger partial charge >= 0.3 is 5.69 Å². The molecular weight excluding hydrogens is 542 g/mol. The molecule has 0 aliphatic carbocycles. The number of hydrogen-bond donors (Lipinski definition) is 0. The maximum Gasteiger partial charge on any atom is 0.333 e. The first-order valence-electron chi connectivity index (χ1n) is 13.8. The summed E-state index contributed by atoms with van der Waals surface area (Å²) in [5, 5.41) is 11.5. The van der Waals surface area contributed by atoms with Crippen LogP contribution >= 0.6 is 0 Å². The SMILES string of the molecule is Cc1cn([C@H]2C[C@H](OCc3ccccc3[N+](=O)[O-])[C@@H](CO[Si](C)(C)C(C)(C)C)O2)c(=O)n(Cc2ccccc2)c1=O. The van der Waals surface area contributed by atoms with Crippen molar-refractivity contribution in [3.63, 3.8) is 0 Å². The third-order valence-electron chi connectivity index (χ3n) is 8.10. The van der Waals surface area contributed by atoms with Crippen molar-refractivity contribution < 1.29 is 18.8 Å². The van der Waals surface area contributed by atoms with E-state index in [2.05, 4.69) is 33.9 Å². The minimum absolute atomic E-state index is 0.00985. The molecule has 41 heavy (non-hydrogen) atoms. The molecule has 220 valence electrons. The highest BCUT2D eigenvalue weighted by atomic mass is 28.4. The van der Waals surface area contributed by atoms with E-state index >= 15 is 0 Å². The van der Waals surface area contributed by atoms with Crippen LogP contribution in [0.15, 0.2) is 70.4 Å². The van der Waals surface area contributed by atoms with E-state index in [1.807, 2.05) is 30.3 Å². The molecule has 1 saturated heterocycles. The summed E-state index contributed by atoms with van der Waals surface area (Å²) in [4.78, 5) is 37.7. The van der Waals surface area contributed by atoms with Crippen molar-refractivity contribution in [3.8, 4) is 0 Å². The van der Waals surface area contributed by atoms with Gasteiger partial charge in [-0.25, -0.2) is 4.79 Å². The molecular formula is C30H39N3O7Si. The zero-order chi connectivity index (χ0) is 29.9. The first-order valence-corrected chi connectivity index (χ1v) is 16.7. The molecule has 0 unspecified atom stereocenters. The van der Waals surface area contributed by atoms with E-state index in [1.54, 1.807) is 25.1 Å². The van der Waals surface area contributed by atoms with Crippen LogP contribution in [0.3, 0.4) is 0 Å². The average molecular weight is 582 g/mol. The first-order chi connectivity index (χ1) is 19.3. The number of ether oxygens (including phenoxy) is 2. The Balaban J connectivity index is 1.63. The summed E-state index contributed by atoms with van der Waals surface area (Å²) in [7, 11) is -2.13. The number of nitrogens with zero attached hydrogens (tertiary/aromatic N) is 3. The second-order valence-corrected chi connectivity index (χ2v) is 16.9. The minimum Gasteiger partial charge on any atom is -0.414 e. The summed E-state index contributed by atoms with van der Waals surface area (Å²) >= 11 is 0. The molecule has 0 amide bonds. The Kier molecular flexibility index (Phi) is 9.12. The van der Waals surface area contributed by atoms with Crippen molar-refractivity contribution in [1.29, 1.82) is 0 Å². The summed E-state index contributed by atoms with van der Waals surface area (Å²) in [6, 6.07) is 15.8. The largest absolute Gasteiger partial charge is 0.414 e. The molecule has 1 fully saturated rings. The second-order valence-electron chi connectivity index (χ2n) is 12.1. The summed E-state index contributed by atoms with van der Waals surface area (Å²) in [6.07, 6.45) is 0.139. The number of aryl methyl sites for hydroxylation is 1. The lowest BCUT2D eigenvalue weighted by Crippen LogP contribution is -2.44. The predicted octanol–water partition coefficient (Wildman–Crippen LogP) is 5.17. The van der Waals surface area contributed by atoms with Gasteiger partial charge in [-0.2, -0.15) is 0 Å². The third-order valence-corrected chi connectivity index (χ3v) is 12.6. The standard InChI is InChI=1S/C30H39N3O7Si/c1-21-17-31(29(35)32(28(21)34)18-22-12-8-7-9-13-22)27-16-25(26(40-27)20-39-41(5,6)30(2,3)4)38-19-23-14-10-11-15-24(23)33(36)37/h7-15,17,25-27H,16,18-20H2,1-6H3/t25-,26+,27+/m0/s1. The van der Waals surface area contributed by atoms with Crippen LogP contribution in [0.1, 0.15) is 50.1 Å². The Morgan fingerprint density at radius 1 is 1.07 bits per heavy atom. The van der Waals surface area contributed by atoms with Crippen LogP contribution in [0, 0.1) is 17.0 Å². The molecule has 0 radical (unpaired) electrons. The molecule has 4 rings (SSSR count). The minimum atomic E-state index is -2.13. The van der Waals surface area contributed by atoms with Gasteiger partial charge in [0.1, 0.15) is 12.3 Å². The Bertz CT molecular complexity index is 1490. The lowest BCUT2D eigenvalue weighted by molar-refractivity contribution is -0.386. The van der Waals surface area contributed by atoms with Crippen molar-refractivity contribution in [3.05, 3.63) is 108 Å². The highest BCUT2D eigenvalue weighted by Crippen LogP contribution is 2.38. The Morgan fingerprint density at radius 3 is 2.39 bits per heavy atom. The topological polar surface area (TPSA) is 115 Å². The molecule has 0 spiro atoms. The van der Waals surface area contributed by atoms with E-state index in [4.69, 9.17) is 13.9 Å². The molecule has 10 nitrogen and oxygen atoms in total. The van der Waals surface area contributed by atoms with Crippen LogP contribution in [0.25, 0.3) is 0 Å². The quantitative estimate of drug-likeness (QED) is 0.184. The predicted molar refractivity (Wildman–Crippen MR) is 159 cm³/mol. The van der Waals surface area contributed by atoms with Gasteiger partial charge in [-0.3, -0.25) is 24.0 Å². The second kappa shape index (κ2) is 12.2. The zero-order valence-corrected chi connectivity index (χ0v) is 25.5. The van der Waals surface area contributed by atoms with Crippen LogP contribution in [0.4, 0.5) is 5.69 Å².